The van der Waals surface area contributed by atoms with Crippen LogP contribution in [0.4, 0.5) is 0 Å². The molecule has 0 unspecified atom stereocenters. The van der Waals surface area contributed by atoms with Gasteiger partial charge < -0.3 is 15.0 Å². The molecule has 0 aromatic heterocycles. The Morgan fingerprint density at radius 1 is 1.24 bits per heavy atom. The molecule has 0 saturated carbocycles. The first-order valence-corrected chi connectivity index (χ1v) is 6.57. The lowest BCUT2D eigenvalue weighted by atomic mass is 9.96. The zero-order chi connectivity index (χ0) is 12.7. The lowest BCUT2D eigenvalue weighted by Gasteiger charge is -2.30. The van der Waals surface area contributed by atoms with Crippen LogP contribution in [0.15, 0.2) is 0 Å². The standard InChI is InChI=1S/C13H24N2O2/c1-11(16)5-3-4-8-15-9-6-12(7-10-15)13(17)14-2/h12H,3-10H2,1-2H3,(H,14,17). The number of nitrogens with one attached hydrogen (secondary N) is 1. The molecule has 0 bridgehead atoms. The van der Waals surface area contributed by atoms with Crippen LogP contribution in [0.5, 0.6) is 0 Å². The number of Topliss-reactive ketones (excluding diaryl/α,β-unsaturated/α-hetero) is 1. The molecule has 1 amide bonds. The van der Waals surface area contributed by atoms with Crippen LogP contribution in [0.2, 0.25) is 0 Å². The second kappa shape index (κ2) is 7.43. The van der Waals surface area contributed by atoms with Crippen molar-refractivity contribution in [3.05, 3.63) is 0 Å². The van der Waals surface area contributed by atoms with Crippen molar-refractivity contribution >= 4 is 11.7 Å². The highest BCUT2D eigenvalue weighted by atomic mass is 16.1. The molecule has 1 aliphatic heterocycles. The summed E-state index contributed by atoms with van der Waals surface area (Å²) in [6.45, 7) is 4.74. The van der Waals surface area contributed by atoms with E-state index in [-0.39, 0.29) is 17.6 Å². The zero-order valence-corrected chi connectivity index (χ0v) is 11.0. The van der Waals surface area contributed by atoms with E-state index in [0.29, 0.717) is 6.42 Å². The van der Waals surface area contributed by atoms with Crippen molar-refractivity contribution in [3.63, 3.8) is 0 Å². The highest BCUT2D eigenvalue weighted by Crippen LogP contribution is 2.17. The van der Waals surface area contributed by atoms with Crippen molar-refractivity contribution in [3.8, 4) is 0 Å². The van der Waals surface area contributed by atoms with Crippen LogP contribution in [0.25, 0.3) is 0 Å². The molecule has 0 spiro atoms. The van der Waals surface area contributed by atoms with Crippen LogP contribution < -0.4 is 5.32 Å². The van der Waals surface area contributed by atoms with Gasteiger partial charge in [-0.15, -0.1) is 0 Å². The Morgan fingerprint density at radius 3 is 2.41 bits per heavy atom. The number of carbonyl (C=O) groups excluding carboxylic acids is 2. The summed E-state index contributed by atoms with van der Waals surface area (Å²) in [6.07, 6.45) is 4.71. The average molecular weight is 240 g/mol. The molecule has 4 nitrogen and oxygen atoms in total. The molecule has 0 aromatic rings. The lowest BCUT2D eigenvalue weighted by Crippen LogP contribution is -2.39. The SMILES string of the molecule is CNC(=O)C1CCN(CCCCC(C)=O)CC1. The van der Waals surface area contributed by atoms with Crippen LogP contribution in [0, 0.1) is 5.92 Å². The number of unbranched alkanes of at least 4 members (excludes halogenated alkanes) is 1. The third-order valence-corrected chi connectivity index (χ3v) is 3.46. The first-order valence-electron chi connectivity index (χ1n) is 6.57. The Labute approximate surface area is 104 Å². The van der Waals surface area contributed by atoms with Crippen LogP contribution >= 0.6 is 0 Å². The summed E-state index contributed by atoms with van der Waals surface area (Å²) >= 11 is 0. The van der Waals surface area contributed by atoms with Gasteiger partial charge in [0.1, 0.15) is 5.78 Å². The molecular weight excluding hydrogens is 216 g/mol. The Bertz CT molecular complexity index is 258. The molecule has 4 heteroatoms. The maximum atomic E-state index is 11.4. The van der Waals surface area contributed by atoms with E-state index in [9.17, 15) is 9.59 Å². The molecule has 0 atom stereocenters. The monoisotopic (exact) mass is 240 g/mol. The summed E-state index contributed by atoms with van der Waals surface area (Å²) in [7, 11) is 1.70. The minimum absolute atomic E-state index is 0.182. The van der Waals surface area contributed by atoms with Crippen LogP contribution in [0.1, 0.15) is 39.0 Å². The molecule has 0 aliphatic carbocycles. The third kappa shape index (κ3) is 5.31. The van der Waals surface area contributed by atoms with Gasteiger partial charge in [0.2, 0.25) is 5.91 Å². The minimum atomic E-state index is 0.182. The van der Waals surface area contributed by atoms with Gasteiger partial charge in [-0.1, -0.05) is 0 Å². The van der Waals surface area contributed by atoms with Gasteiger partial charge in [-0.2, -0.15) is 0 Å². The number of ketones is 1. The van der Waals surface area contributed by atoms with Crippen molar-refractivity contribution in [2.45, 2.75) is 39.0 Å². The molecule has 1 aliphatic rings. The number of carbonyl (C=O) groups is 2. The quantitative estimate of drug-likeness (QED) is 0.710. The Balaban J connectivity index is 2.10. The van der Waals surface area contributed by atoms with Crippen molar-refractivity contribution < 1.29 is 9.59 Å². The topological polar surface area (TPSA) is 49.4 Å². The number of hydrogen-bond donors (Lipinski definition) is 1. The number of piperidine rings is 1. The van der Waals surface area contributed by atoms with Gasteiger partial charge in [0.15, 0.2) is 0 Å². The maximum Gasteiger partial charge on any atom is 0.222 e. The van der Waals surface area contributed by atoms with Gasteiger partial charge in [-0.25, -0.2) is 0 Å². The second-order valence-electron chi connectivity index (χ2n) is 4.89. The van der Waals surface area contributed by atoms with Crippen molar-refractivity contribution in [1.82, 2.24) is 10.2 Å². The van der Waals surface area contributed by atoms with E-state index in [1.165, 1.54) is 0 Å². The lowest BCUT2D eigenvalue weighted by molar-refractivity contribution is -0.126. The van der Waals surface area contributed by atoms with Gasteiger partial charge in [0, 0.05) is 19.4 Å². The van der Waals surface area contributed by atoms with E-state index in [1.807, 2.05) is 0 Å². The molecule has 1 fully saturated rings. The van der Waals surface area contributed by atoms with Crippen molar-refractivity contribution in [2.75, 3.05) is 26.7 Å². The fourth-order valence-corrected chi connectivity index (χ4v) is 2.33. The zero-order valence-electron chi connectivity index (χ0n) is 11.0. The number of rotatable bonds is 6. The van der Waals surface area contributed by atoms with E-state index in [4.69, 9.17) is 0 Å². The summed E-state index contributed by atoms with van der Waals surface area (Å²) in [5.74, 6) is 0.665. The highest BCUT2D eigenvalue weighted by Gasteiger charge is 2.23. The Kier molecular flexibility index (Phi) is 6.19. The molecule has 0 aromatic carbocycles. The number of nitrogens with zero attached hydrogens (tertiary/aromatic N) is 1. The van der Waals surface area contributed by atoms with Gasteiger partial charge in [0.25, 0.3) is 0 Å². The van der Waals surface area contributed by atoms with Gasteiger partial charge in [-0.05, 0) is 52.2 Å². The summed E-state index contributed by atoms with van der Waals surface area (Å²) in [6, 6.07) is 0. The van der Waals surface area contributed by atoms with Crippen molar-refractivity contribution in [2.24, 2.45) is 5.92 Å². The number of amides is 1. The van der Waals surface area contributed by atoms with Crippen LogP contribution in [0.3, 0.4) is 0 Å². The van der Waals surface area contributed by atoms with E-state index in [2.05, 4.69) is 10.2 Å². The Hall–Kier alpha value is -0.900. The number of hydrogen-bond acceptors (Lipinski definition) is 3. The van der Waals surface area contributed by atoms with Crippen molar-refractivity contribution in [1.29, 1.82) is 0 Å². The minimum Gasteiger partial charge on any atom is -0.359 e. The predicted molar refractivity (Wildman–Crippen MR) is 67.8 cm³/mol. The molecule has 0 radical (unpaired) electrons. The van der Waals surface area contributed by atoms with Gasteiger partial charge in [0.05, 0.1) is 0 Å². The first kappa shape index (κ1) is 14.2. The molecule has 1 saturated heterocycles. The normalized spacial score (nSPS) is 18.0. The largest absolute Gasteiger partial charge is 0.359 e. The maximum absolute atomic E-state index is 11.4. The van der Waals surface area contributed by atoms with E-state index in [1.54, 1.807) is 14.0 Å². The first-order chi connectivity index (χ1) is 8.13. The molecule has 98 valence electrons. The van der Waals surface area contributed by atoms with Crippen LogP contribution in [-0.2, 0) is 9.59 Å². The number of likely N-dealkylation sites (tertiary alicyclic amines) is 1. The summed E-state index contributed by atoms with van der Waals surface area (Å²) in [4.78, 5) is 24.6. The van der Waals surface area contributed by atoms with Gasteiger partial charge in [-0.3, -0.25) is 4.79 Å². The Morgan fingerprint density at radius 2 is 1.88 bits per heavy atom. The average Bonchev–Trinajstić information content (AvgIpc) is 2.34. The predicted octanol–water partition coefficient (Wildman–Crippen LogP) is 1.20. The molecule has 1 N–H and O–H groups in total. The fourth-order valence-electron chi connectivity index (χ4n) is 2.33. The second-order valence-corrected chi connectivity index (χ2v) is 4.89. The summed E-state index contributed by atoms with van der Waals surface area (Å²) < 4.78 is 0. The van der Waals surface area contributed by atoms with Gasteiger partial charge >= 0.3 is 0 Å². The van der Waals surface area contributed by atoms with E-state index >= 15 is 0 Å². The smallest absolute Gasteiger partial charge is 0.222 e. The molecule has 1 rings (SSSR count). The third-order valence-electron chi connectivity index (χ3n) is 3.46. The molecular formula is C13H24N2O2. The summed E-state index contributed by atoms with van der Waals surface area (Å²) in [5.41, 5.74) is 0. The molecule has 17 heavy (non-hydrogen) atoms. The molecule has 1 heterocycles. The fraction of sp³-hybridized carbons (Fsp3) is 0.846. The van der Waals surface area contributed by atoms with E-state index < -0.39 is 0 Å². The highest BCUT2D eigenvalue weighted by molar-refractivity contribution is 5.78. The summed E-state index contributed by atoms with van der Waals surface area (Å²) in [5, 5.41) is 2.72. The van der Waals surface area contributed by atoms with Crippen LogP contribution in [-0.4, -0.2) is 43.3 Å². The van der Waals surface area contributed by atoms with E-state index in [0.717, 1.165) is 45.3 Å².